The number of carbonyl (C=O) groups is 1. The van der Waals surface area contributed by atoms with Gasteiger partial charge in [0.2, 0.25) is 5.91 Å². The molecule has 1 aliphatic heterocycles. The fourth-order valence-electron chi connectivity index (χ4n) is 3.08. The molecule has 0 radical (unpaired) electrons. The Labute approximate surface area is 147 Å². The summed E-state index contributed by atoms with van der Waals surface area (Å²) >= 11 is 5.98. The number of carbonyl (C=O) groups excluding carboxylic acids is 1. The Bertz CT molecular complexity index is 774. The molecule has 1 atom stereocenters. The summed E-state index contributed by atoms with van der Waals surface area (Å²) in [5.74, 6) is 0.724. The smallest absolute Gasteiger partial charge is 0.224 e. The van der Waals surface area contributed by atoms with Crippen LogP contribution in [-0.4, -0.2) is 11.5 Å². The minimum atomic E-state index is -0.350. The summed E-state index contributed by atoms with van der Waals surface area (Å²) in [6.07, 6.45) is 0.973. The fraction of sp³-hybridized carbons (Fsp3) is 0.316. The third-order valence-electron chi connectivity index (χ3n) is 4.08. The number of ether oxygens (including phenoxy) is 1. The highest BCUT2D eigenvalue weighted by Gasteiger charge is 2.34. The van der Waals surface area contributed by atoms with Gasteiger partial charge in [-0.3, -0.25) is 4.79 Å². The molecule has 1 unspecified atom stereocenters. The van der Waals surface area contributed by atoms with E-state index in [4.69, 9.17) is 22.1 Å². The molecular formula is C19H21ClN2O2. The van der Waals surface area contributed by atoms with Gasteiger partial charge in [0, 0.05) is 22.7 Å². The molecule has 5 heteroatoms. The van der Waals surface area contributed by atoms with E-state index in [1.165, 1.54) is 0 Å². The minimum Gasteiger partial charge on any atom is -0.487 e. The molecule has 2 aromatic rings. The van der Waals surface area contributed by atoms with Gasteiger partial charge in [-0.1, -0.05) is 23.7 Å². The zero-order chi connectivity index (χ0) is 17.3. The van der Waals surface area contributed by atoms with Crippen molar-refractivity contribution < 1.29 is 9.53 Å². The van der Waals surface area contributed by atoms with E-state index in [0.717, 1.165) is 16.9 Å². The van der Waals surface area contributed by atoms with Crippen molar-refractivity contribution in [3.05, 3.63) is 58.6 Å². The predicted molar refractivity (Wildman–Crippen MR) is 96.2 cm³/mol. The summed E-state index contributed by atoms with van der Waals surface area (Å²) in [5, 5.41) is 3.74. The number of anilines is 1. The molecular weight excluding hydrogens is 324 g/mol. The topological polar surface area (TPSA) is 64.4 Å². The second-order valence-electron chi connectivity index (χ2n) is 6.79. The van der Waals surface area contributed by atoms with E-state index in [1.54, 1.807) is 12.1 Å². The van der Waals surface area contributed by atoms with E-state index in [9.17, 15) is 4.79 Å². The van der Waals surface area contributed by atoms with Crippen molar-refractivity contribution >= 4 is 23.2 Å². The molecule has 3 N–H and O–H groups in total. The normalized spacial score (nSPS) is 18.4. The first-order valence-electron chi connectivity index (χ1n) is 7.95. The summed E-state index contributed by atoms with van der Waals surface area (Å²) < 4.78 is 6.00. The summed E-state index contributed by atoms with van der Waals surface area (Å²) in [4.78, 5) is 12.5. The number of amides is 1. The lowest BCUT2D eigenvalue weighted by atomic mass is 9.89. The van der Waals surface area contributed by atoms with Crippen molar-refractivity contribution in [1.82, 2.24) is 5.32 Å². The number of halogens is 1. The van der Waals surface area contributed by atoms with Crippen LogP contribution in [0.4, 0.5) is 5.69 Å². The number of benzene rings is 2. The molecule has 0 aromatic heterocycles. The maximum atomic E-state index is 12.5. The van der Waals surface area contributed by atoms with E-state index in [2.05, 4.69) is 5.32 Å². The number of rotatable bonds is 3. The summed E-state index contributed by atoms with van der Waals surface area (Å²) in [6, 6.07) is 12.8. The number of nitrogen functional groups attached to an aromatic ring is 1. The lowest BCUT2D eigenvalue weighted by molar-refractivity contribution is -0.121. The number of fused-ring (bicyclic) bond motifs is 1. The van der Waals surface area contributed by atoms with Crippen LogP contribution in [0.15, 0.2) is 42.5 Å². The molecule has 0 saturated heterocycles. The average Bonchev–Trinajstić information content (AvgIpc) is 2.47. The van der Waals surface area contributed by atoms with Gasteiger partial charge in [-0.2, -0.15) is 0 Å². The highest BCUT2D eigenvalue weighted by Crippen LogP contribution is 2.40. The van der Waals surface area contributed by atoms with E-state index < -0.39 is 0 Å². The molecule has 4 nitrogen and oxygen atoms in total. The number of hydrogen-bond donors (Lipinski definition) is 2. The Morgan fingerprint density at radius 3 is 2.88 bits per heavy atom. The monoisotopic (exact) mass is 344 g/mol. The number of nitrogens with two attached hydrogens (primary N) is 1. The molecule has 1 heterocycles. The molecule has 3 rings (SSSR count). The average molecular weight is 345 g/mol. The fourth-order valence-corrected chi connectivity index (χ4v) is 3.29. The Morgan fingerprint density at radius 1 is 1.33 bits per heavy atom. The molecule has 0 spiro atoms. The second-order valence-corrected chi connectivity index (χ2v) is 7.23. The first-order valence-corrected chi connectivity index (χ1v) is 8.32. The summed E-state index contributed by atoms with van der Waals surface area (Å²) in [7, 11) is 0. The van der Waals surface area contributed by atoms with Gasteiger partial charge >= 0.3 is 0 Å². The first-order chi connectivity index (χ1) is 11.3. The van der Waals surface area contributed by atoms with Crippen molar-refractivity contribution in [2.75, 3.05) is 5.73 Å². The van der Waals surface area contributed by atoms with Gasteiger partial charge in [-0.05, 0) is 49.7 Å². The van der Waals surface area contributed by atoms with Crippen molar-refractivity contribution in [2.45, 2.75) is 38.3 Å². The first kappa shape index (κ1) is 16.7. The van der Waals surface area contributed by atoms with Gasteiger partial charge in [0.05, 0.1) is 12.5 Å². The number of hydrogen-bond acceptors (Lipinski definition) is 3. The molecule has 0 saturated carbocycles. The molecule has 126 valence electrons. The molecule has 0 fully saturated rings. The molecule has 1 amide bonds. The Kier molecular flexibility index (Phi) is 4.41. The molecule has 1 aliphatic rings. The van der Waals surface area contributed by atoms with Crippen LogP contribution in [0.2, 0.25) is 5.02 Å². The van der Waals surface area contributed by atoms with Crippen LogP contribution in [-0.2, 0) is 11.2 Å². The zero-order valence-corrected chi connectivity index (χ0v) is 14.6. The largest absolute Gasteiger partial charge is 0.487 e. The second kappa shape index (κ2) is 6.36. The van der Waals surface area contributed by atoms with Gasteiger partial charge < -0.3 is 15.8 Å². The minimum absolute atomic E-state index is 0.0478. The third-order valence-corrected chi connectivity index (χ3v) is 4.32. The highest BCUT2D eigenvalue weighted by molar-refractivity contribution is 6.30. The van der Waals surface area contributed by atoms with Crippen LogP contribution in [0.3, 0.4) is 0 Å². The van der Waals surface area contributed by atoms with Gasteiger partial charge in [0.25, 0.3) is 0 Å². The van der Waals surface area contributed by atoms with Crippen LogP contribution < -0.4 is 15.8 Å². The predicted octanol–water partition coefficient (Wildman–Crippen LogP) is 3.88. The SMILES string of the molecule is CC1(C)CC(NC(=O)Cc2cccc(Cl)c2)c2cc(N)ccc2O1. The summed E-state index contributed by atoms with van der Waals surface area (Å²) in [5.41, 5.74) is 8.02. The number of nitrogens with one attached hydrogen (secondary N) is 1. The van der Waals surface area contributed by atoms with E-state index in [1.807, 2.05) is 44.2 Å². The van der Waals surface area contributed by atoms with E-state index in [-0.39, 0.29) is 24.0 Å². The molecule has 0 bridgehead atoms. The lowest BCUT2D eigenvalue weighted by Crippen LogP contribution is -2.41. The Balaban J connectivity index is 1.79. The van der Waals surface area contributed by atoms with Crippen molar-refractivity contribution in [3.63, 3.8) is 0 Å². The van der Waals surface area contributed by atoms with Gasteiger partial charge in [0.15, 0.2) is 0 Å². The molecule has 2 aromatic carbocycles. The van der Waals surface area contributed by atoms with E-state index >= 15 is 0 Å². The van der Waals surface area contributed by atoms with Crippen LogP contribution in [0, 0.1) is 0 Å². The quantitative estimate of drug-likeness (QED) is 0.830. The zero-order valence-electron chi connectivity index (χ0n) is 13.8. The van der Waals surface area contributed by atoms with Crippen molar-refractivity contribution in [2.24, 2.45) is 0 Å². The third kappa shape index (κ3) is 3.82. The highest BCUT2D eigenvalue weighted by atomic mass is 35.5. The van der Waals surface area contributed by atoms with Gasteiger partial charge in [-0.15, -0.1) is 0 Å². The van der Waals surface area contributed by atoms with Gasteiger partial charge in [0.1, 0.15) is 11.4 Å². The lowest BCUT2D eigenvalue weighted by Gasteiger charge is -2.38. The van der Waals surface area contributed by atoms with Crippen molar-refractivity contribution in [3.8, 4) is 5.75 Å². The maximum absolute atomic E-state index is 12.5. The van der Waals surface area contributed by atoms with Crippen LogP contribution in [0.25, 0.3) is 0 Å². The van der Waals surface area contributed by atoms with Crippen LogP contribution in [0.5, 0.6) is 5.75 Å². The standard InChI is InChI=1S/C19H21ClN2O2/c1-19(2)11-16(15-10-14(21)6-7-17(15)24-19)22-18(23)9-12-4-3-5-13(20)8-12/h3-8,10,16H,9,11,21H2,1-2H3,(H,22,23). The Morgan fingerprint density at radius 2 is 2.12 bits per heavy atom. The summed E-state index contributed by atoms with van der Waals surface area (Å²) in [6.45, 7) is 4.03. The van der Waals surface area contributed by atoms with Crippen LogP contribution >= 0.6 is 11.6 Å². The van der Waals surface area contributed by atoms with Crippen molar-refractivity contribution in [1.29, 1.82) is 0 Å². The molecule has 0 aliphatic carbocycles. The molecule has 24 heavy (non-hydrogen) atoms. The maximum Gasteiger partial charge on any atom is 0.224 e. The van der Waals surface area contributed by atoms with E-state index in [0.29, 0.717) is 17.1 Å². The van der Waals surface area contributed by atoms with Crippen LogP contribution in [0.1, 0.15) is 37.4 Å². The van der Waals surface area contributed by atoms with Gasteiger partial charge in [-0.25, -0.2) is 0 Å². The Hall–Kier alpha value is -2.20.